The van der Waals surface area contributed by atoms with Gasteiger partial charge in [-0.15, -0.1) is 0 Å². The van der Waals surface area contributed by atoms with Gasteiger partial charge in [-0.05, 0) is 42.2 Å². The molecule has 0 bridgehead atoms. The van der Waals surface area contributed by atoms with Crippen LogP contribution in [0.15, 0.2) is 36.4 Å². The molecule has 2 aromatic carbocycles. The first-order chi connectivity index (χ1) is 9.31. The molecule has 0 aliphatic heterocycles. The van der Waals surface area contributed by atoms with Crippen molar-refractivity contribution >= 4 is 10.8 Å². The SMILES string of the molecule is OCCCCCCOc1cc2ccccc2cc1O. The Balaban J connectivity index is 1.91. The quantitative estimate of drug-likeness (QED) is 0.749. The highest BCUT2D eigenvalue weighted by atomic mass is 16.5. The van der Waals surface area contributed by atoms with Crippen LogP contribution in [-0.2, 0) is 0 Å². The van der Waals surface area contributed by atoms with Crippen LogP contribution in [0.5, 0.6) is 11.5 Å². The van der Waals surface area contributed by atoms with Crippen LogP contribution >= 0.6 is 0 Å². The Hall–Kier alpha value is -1.74. The Bertz CT molecular complexity index is 522. The van der Waals surface area contributed by atoms with Crippen molar-refractivity contribution in [3.8, 4) is 11.5 Å². The second-order valence-corrected chi connectivity index (χ2v) is 4.65. The number of rotatable bonds is 7. The molecule has 2 N–H and O–H groups in total. The van der Waals surface area contributed by atoms with Crippen LogP contribution in [0.4, 0.5) is 0 Å². The third kappa shape index (κ3) is 3.86. The minimum Gasteiger partial charge on any atom is -0.504 e. The maximum Gasteiger partial charge on any atom is 0.161 e. The van der Waals surface area contributed by atoms with Gasteiger partial charge in [-0.2, -0.15) is 0 Å². The number of hydrogen-bond donors (Lipinski definition) is 2. The van der Waals surface area contributed by atoms with E-state index in [1.165, 1.54) is 0 Å². The summed E-state index contributed by atoms with van der Waals surface area (Å²) < 4.78 is 5.61. The molecule has 3 heteroatoms. The van der Waals surface area contributed by atoms with Crippen molar-refractivity contribution in [2.24, 2.45) is 0 Å². The Morgan fingerprint density at radius 2 is 1.58 bits per heavy atom. The molecule has 0 saturated carbocycles. The minimum absolute atomic E-state index is 0.189. The summed E-state index contributed by atoms with van der Waals surface area (Å²) in [5.41, 5.74) is 0. The first kappa shape index (κ1) is 13.7. The summed E-state index contributed by atoms with van der Waals surface area (Å²) in [5.74, 6) is 0.731. The van der Waals surface area contributed by atoms with Gasteiger partial charge in [0, 0.05) is 6.61 Å². The van der Waals surface area contributed by atoms with Crippen LogP contribution in [-0.4, -0.2) is 23.4 Å². The number of aliphatic hydroxyl groups is 1. The molecule has 0 heterocycles. The summed E-state index contributed by atoms with van der Waals surface area (Å²) in [4.78, 5) is 0. The van der Waals surface area contributed by atoms with Crippen molar-refractivity contribution in [3.63, 3.8) is 0 Å². The highest BCUT2D eigenvalue weighted by Gasteiger charge is 2.04. The van der Waals surface area contributed by atoms with Crippen LogP contribution in [0.1, 0.15) is 25.7 Å². The van der Waals surface area contributed by atoms with E-state index in [1.807, 2.05) is 30.3 Å². The van der Waals surface area contributed by atoms with Gasteiger partial charge in [-0.25, -0.2) is 0 Å². The molecule has 102 valence electrons. The molecule has 19 heavy (non-hydrogen) atoms. The van der Waals surface area contributed by atoms with Crippen LogP contribution in [0.3, 0.4) is 0 Å². The van der Waals surface area contributed by atoms with Gasteiger partial charge in [-0.3, -0.25) is 0 Å². The third-order valence-corrected chi connectivity index (χ3v) is 3.14. The Labute approximate surface area is 113 Å². The fourth-order valence-corrected chi connectivity index (χ4v) is 2.07. The van der Waals surface area contributed by atoms with Gasteiger partial charge in [0.15, 0.2) is 11.5 Å². The average molecular weight is 260 g/mol. The molecule has 2 rings (SSSR count). The molecular weight excluding hydrogens is 240 g/mol. The van der Waals surface area contributed by atoms with E-state index < -0.39 is 0 Å². The predicted molar refractivity (Wildman–Crippen MR) is 76.7 cm³/mol. The average Bonchev–Trinajstić information content (AvgIpc) is 2.43. The number of phenolic OH excluding ortho intramolecular Hbond substituents is 1. The summed E-state index contributed by atoms with van der Waals surface area (Å²) in [5, 5.41) is 20.6. The molecule has 2 aromatic rings. The number of benzene rings is 2. The van der Waals surface area contributed by atoms with Gasteiger partial charge in [0.25, 0.3) is 0 Å². The van der Waals surface area contributed by atoms with Crippen molar-refractivity contribution in [2.75, 3.05) is 13.2 Å². The third-order valence-electron chi connectivity index (χ3n) is 3.14. The van der Waals surface area contributed by atoms with Gasteiger partial charge in [-0.1, -0.05) is 30.7 Å². The maximum atomic E-state index is 9.89. The van der Waals surface area contributed by atoms with E-state index in [2.05, 4.69) is 0 Å². The van der Waals surface area contributed by atoms with E-state index in [1.54, 1.807) is 6.07 Å². The van der Waals surface area contributed by atoms with Crippen LogP contribution in [0.2, 0.25) is 0 Å². The summed E-state index contributed by atoms with van der Waals surface area (Å²) in [6, 6.07) is 11.5. The van der Waals surface area contributed by atoms with Crippen molar-refractivity contribution in [2.45, 2.75) is 25.7 Å². The Kier molecular flexibility index (Phi) is 5.04. The number of fused-ring (bicyclic) bond motifs is 1. The lowest BCUT2D eigenvalue weighted by atomic mass is 10.1. The largest absolute Gasteiger partial charge is 0.504 e. The number of aromatic hydroxyl groups is 1. The molecule has 0 aromatic heterocycles. The maximum absolute atomic E-state index is 9.89. The fraction of sp³-hybridized carbons (Fsp3) is 0.375. The second-order valence-electron chi connectivity index (χ2n) is 4.65. The molecule has 0 radical (unpaired) electrons. The van der Waals surface area contributed by atoms with E-state index in [9.17, 15) is 5.11 Å². The lowest BCUT2D eigenvalue weighted by Gasteiger charge is -2.09. The highest BCUT2D eigenvalue weighted by Crippen LogP contribution is 2.31. The molecule has 0 aliphatic rings. The molecule has 3 nitrogen and oxygen atoms in total. The molecule has 0 aliphatic carbocycles. The van der Waals surface area contributed by atoms with Crippen LogP contribution in [0, 0.1) is 0 Å². The smallest absolute Gasteiger partial charge is 0.161 e. The van der Waals surface area contributed by atoms with Crippen LogP contribution in [0.25, 0.3) is 10.8 Å². The van der Waals surface area contributed by atoms with E-state index >= 15 is 0 Å². The Morgan fingerprint density at radius 3 is 2.32 bits per heavy atom. The van der Waals surface area contributed by atoms with E-state index in [-0.39, 0.29) is 12.4 Å². The van der Waals surface area contributed by atoms with E-state index in [4.69, 9.17) is 9.84 Å². The molecule has 0 fully saturated rings. The lowest BCUT2D eigenvalue weighted by Crippen LogP contribution is -1.98. The molecule has 0 spiro atoms. The molecule has 0 atom stereocenters. The number of ether oxygens (including phenoxy) is 1. The highest BCUT2D eigenvalue weighted by molar-refractivity contribution is 5.85. The molecule has 0 saturated heterocycles. The van der Waals surface area contributed by atoms with Crippen LogP contribution < -0.4 is 4.74 Å². The van der Waals surface area contributed by atoms with E-state index in [0.29, 0.717) is 12.4 Å². The van der Waals surface area contributed by atoms with Gasteiger partial charge >= 0.3 is 0 Å². The number of phenols is 1. The molecular formula is C16H20O3. The zero-order chi connectivity index (χ0) is 13.5. The van der Waals surface area contributed by atoms with E-state index in [0.717, 1.165) is 36.5 Å². The summed E-state index contributed by atoms with van der Waals surface area (Å²) in [6.45, 7) is 0.851. The minimum atomic E-state index is 0.189. The van der Waals surface area contributed by atoms with Crippen molar-refractivity contribution in [1.29, 1.82) is 0 Å². The van der Waals surface area contributed by atoms with Gasteiger partial charge < -0.3 is 14.9 Å². The number of hydrogen-bond acceptors (Lipinski definition) is 3. The normalized spacial score (nSPS) is 10.8. The Morgan fingerprint density at radius 1 is 0.895 bits per heavy atom. The zero-order valence-corrected chi connectivity index (χ0v) is 11.0. The van der Waals surface area contributed by atoms with Crippen molar-refractivity contribution in [3.05, 3.63) is 36.4 Å². The predicted octanol–water partition coefficient (Wildman–Crippen LogP) is 3.48. The van der Waals surface area contributed by atoms with Gasteiger partial charge in [0.2, 0.25) is 0 Å². The number of aliphatic hydroxyl groups excluding tert-OH is 1. The van der Waals surface area contributed by atoms with Gasteiger partial charge in [0.1, 0.15) is 0 Å². The first-order valence-corrected chi connectivity index (χ1v) is 6.76. The van der Waals surface area contributed by atoms with Crippen molar-refractivity contribution in [1.82, 2.24) is 0 Å². The topological polar surface area (TPSA) is 49.7 Å². The van der Waals surface area contributed by atoms with Crippen molar-refractivity contribution < 1.29 is 14.9 Å². The molecule has 0 unspecified atom stereocenters. The zero-order valence-electron chi connectivity index (χ0n) is 11.0. The summed E-state index contributed by atoms with van der Waals surface area (Å²) in [7, 11) is 0. The summed E-state index contributed by atoms with van der Waals surface area (Å²) in [6.07, 6.45) is 3.84. The second kappa shape index (κ2) is 7.00. The first-order valence-electron chi connectivity index (χ1n) is 6.76. The summed E-state index contributed by atoms with van der Waals surface area (Å²) >= 11 is 0. The lowest BCUT2D eigenvalue weighted by molar-refractivity contribution is 0.270. The fourth-order valence-electron chi connectivity index (χ4n) is 2.07. The monoisotopic (exact) mass is 260 g/mol. The standard InChI is InChI=1S/C16H20O3/c17-9-5-1-2-6-10-19-16-12-14-8-4-3-7-13(14)11-15(16)18/h3-4,7-8,11-12,17-18H,1-2,5-6,9-10H2. The van der Waals surface area contributed by atoms with Gasteiger partial charge in [0.05, 0.1) is 6.61 Å². The number of unbranched alkanes of at least 4 members (excludes halogenated alkanes) is 3. The molecule has 0 amide bonds.